The third kappa shape index (κ3) is 3.11. The number of nitrogens with zero attached hydrogens (tertiary/aromatic N) is 3. The van der Waals surface area contributed by atoms with Gasteiger partial charge >= 0.3 is 0 Å². The van der Waals surface area contributed by atoms with E-state index < -0.39 is 0 Å². The highest BCUT2D eigenvalue weighted by atomic mass is 16.5. The van der Waals surface area contributed by atoms with Gasteiger partial charge in [0.2, 0.25) is 0 Å². The van der Waals surface area contributed by atoms with Gasteiger partial charge in [-0.3, -0.25) is 4.79 Å². The minimum Gasteiger partial charge on any atom is -0.360 e. The van der Waals surface area contributed by atoms with Crippen LogP contribution in [0.2, 0.25) is 0 Å². The molecule has 6 heteroatoms. The van der Waals surface area contributed by atoms with Crippen molar-refractivity contribution in [1.82, 2.24) is 19.9 Å². The summed E-state index contributed by atoms with van der Waals surface area (Å²) in [6, 6.07) is 5.87. The molecule has 3 rings (SSSR count). The number of imidazole rings is 1. The molecule has 0 aliphatic rings. The summed E-state index contributed by atoms with van der Waals surface area (Å²) in [5, 5.41) is 6.83. The van der Waals surface area contributed by atoms with E-state index >= 15 is 0 Å². The smallest absolute Gasteiger partial charge is 0.256 e. The molecule has 23 heavy (non-hydrogen) atoms. The molecule has 0 atom stereocenters. The highest BCUT2D eigenvalue weighted by molar-refractivity contribution is 5.96. The quantitative estimate of drug-likeness (QED) is 0.786. The van der Waals surface area contributed by atoms with Crippen molar-refractivity contribution in [3.05, 3.63) is 53.3 Å². The second-order valence-corrected chi connectivity index (χ2v) is 5.87. The van der Waals surface area contributed by atoms with Crippen LogP contribution < -0.4 is 5.32 Å². The number of pyridine rings is 1. The molecule has 1 amide bonds. The van der Waals surface area contributed by atoms with E-state index in [4.69, 9.17) is 4.52 Å². The predicted octanol–water partition coefficient (Wildman–Crippen LogP) is 2.73. The van der Waals surface area contributed by atoms with E-state index in [1.807, 2.05) is 48.8 Å². The van der Waals surface area contributed by atoms with Gasteiger partial charge < -0.3 is 14.2 Å². The Hall–Kier alpha value is -2.63. The summed E-state index contributed by atoms with van der Waals surface area (Å²) in [4.78, 5) is 16.9. The SMILES string of the molecule is Cc1noc(C(C)C)c1C(=O)NCCc1cn2ccccc2n1. The van der Waals surface area contributed by atoms with Gasteiger partial charge in [-0.1, -0.05) is 25.1 Å². The Morgan fingerprint density at radius 2 is 2.22 bits per heavy atom. The summed E-state index contributed by atoms with van der Waals surface area (Å²) in [6.07, 6.45) is 4.61. The van der Waals surface area contributed by atoms with Crippen molar-refractivity contribution in [2.75, 3.05) is 6.54 Å². The van der Waals surface area contributed by atoms with Crippen LogP contribution in [0.25, 0.3) is 5.65 Å². The lowest BCUT2D eigenvalue weighted by atomic mass is 10.0. The van der Waals surface area contributed by atoms with E-state index in [9.17, 15) is 4.79 Å². The average Bonchev–Trinajstić information content (AvgIpc) is 3.09. The number of amides is 1. The Bertz CT molecular complexity index is 799. The first kappa shape index (κ1) is 15.3. The molecule has 3 aromatic heterocycles. The number of aryl methyl sites for hydroxylation is 1. The van der Waals surface area contributed by atoms with Crippen molar-refractivity contribution < 1.29 is 9.32 Å². The molecule has 0 fully saturated rings. The number of aromatic nitrogens is 3. The van der Waals surface area contributed by atoms with Gasteiger partial charge in [-0.25, -0.2) is 4.98 Å². The molecule has 0 bridgehead atoms. The van der Waals surface area contributed by atoms with E-state index in [-0.39, 0.29) is 11.8 Å². The zero-order valence-electron chi connectivity index (χ0n) is 13.5. The third-order valence-corrected chi connectivity index (χ3v) is 3.72. The summed E-state index contributed by atoms with van der Waals surface area (Å²) in [6.45, 7) is 6.26. The van der Waals surface area contributed by atoms with Crippen molar-refractivity contribution in [2.45, 2.75) is 33.1 Å². The zero-order valence-corrected chi connectivity index (χ0v) is 13.5. The van der Waals surface area contributed by atoms with Gasteiger partial charge in [-0.2, -0.15) is 0 Å². The molecular formula is C17H20N4O2. The highest BCUT2D eigenvalue weighted by Gasteiger charge is 2.22. The lowest BCUT2D eigenvalue weighted by Crippen LogP contribution is -2.27. The first-order valence-electron chi connectivity index (χ1n) is 7.73. The second-order valence-electron chi connectivity index (χ2n) is 5.87. The monoisotopic (exact) mass is 312 g/mol. The van der Waals surface area contributed by atoms with Gasteiger partial charge in [0.25, 0.3) is 5.91 Å². The molecule has 0 saturated heterocycles. The Labute approximate surface area is 134 Å². The molecule has 0 aliphatic heterocycles. The fourth-order valence-electron chi connectivity index (χ4n) is 2.56. The molecule has 120 valence electrons. The zero-order chi connectivity index (χ0) is 16.4. The Morgan fingerprint density at radius 1 is 1.39 bits per heavy atom. The minimum absolute atomic E-state index is 0.121. The lowest BCUT2D eigenvalue weighted by molar-refractivity contribution is 0.0951. The number of carbonyl (C=O) groups is 1. The van der Waals surface area contributed by atoms with E-state index in [2.05, 4.69) is 15.5 Å². The van der Waals surface area contributed by atoms with E-state index in [1.54, 1.807) is 6.92 Å². The maximum atomic E-state index is 12.4. The van der Waals surface area contributed by atoms with Gasteiger partial charge in [0.05, 0.1) is 11.4 Å². The topological polar surface area (TPSA) is 72.4 Å². The van der Waals surface area contributed by atoms with Crippen LogP contribution in [0, 0.1) is 6.92 Å². The fraction of sp³-hybridized carbons (Fsp3) is 0.353. The molecule has 3 aromatic rings. The van der Waals surface area contributed by atoms with Gasteiger partial charge in [0.1, 0.15) is 11.2 Å². The number of carbonyl (C=O) groups excluding carboxylic acids is 1. The van der Waals surface area contributed by atoms with Crippen molar-refractivity contribution in [3.63, 3.8) is 0 Å². The maximum absolute atomic E-state index is 12.4. The Morgan fingerprint density at radius 3 is 2.96 bits per heavy atom. The van der Waals surface area contributed by atoms with Gasteiger partial charge in [-0.15, -0.1) is 0 Å². The second kappa shape index (κ2) is 6.24. The maximum Gasteiger partial charge on any atom is 0.256 e. The largest absolute Gasteiger partial charge is 0.360 e. The molecule has 0 radical (unpaired) electrons. The summed E-state index contributed by atoms with van der Waals surface area (Å²) in [5.41, 5.74) is 3.03. The predicted molar refractivity (Wildman–Crippen MR) is 86.6 cm³/mol. The van der Waals surface area contributed by atoms with E-state index in [0.29, 0.717) is 30.0 Å². The van der Waals surface area contributed by atoms with Crippen LogP contribution in [0.4, 0.5) is 0 Å². The highest BCUT2D eigenvalue weighted by Crippen LogP contribution is 2.21. The Balaban J connectivity index is 1.64. The number of fused-ring (bicyclic) bond motifs is 1. The number of nitrogens with one attached hydrogen (secondary N) is 1. The lowest BCUT2D eigenvalue weighted by Gasteiger charge is -2.06. The summed E-state index contributed by atoms with van der Waals surface area (Å²) in [7, 11) is 0. The van der Waals surface area contributed by atoms with Crippen LogP contribution >= 0.6 is 0 Å². The van der Waals surface area contributed by atoms with Gasteiger partial charge in [0, 0.05) is 31.3 Å². The number of hydrogen-bond acceptors (Lipinski definition) is 4. The first-order chi connectivity index (χ1) is 11.1. The Kier molecular flexibility index (Phi) is 4.14. The van der Waals surface area contributed by atoms with Gasteiger partial charge in [-0.05, 0) is 19.1 Å². The standard InChI is InChI=1S/C17H20N4O2/c1-11(2)16-15(12(3)20-23-16)17(22)18-8-7-13-10-21-9-5-4-6-14(21)19-13/h4-6,9-11H,7-8H2,1-3H3,(H,18,22). The number of hydrogen-bond donors (Lipinski definition) is 1. The van der Waals surface area contributed by atoms with Crippen LogP contribution in [-0.4, -0.2) is 27.0 Å². The van der Waals surface area contributed by atoms with Crippen LogP contribution in [-0.2, 0) is 6.42 Å². The minimum atomic E-state index is -0.142. The van der Waals surface area contributed by atoms with Crippen LogP contribution in [0.5, 0.6) is 0 Å². The fourth-order valence-corrected chi connectivity index (χ4v) is 2.56. The van der Waals surface area contributed by atoms with Crippen LogP contribution in [0.1, 0.15) is 47.3 Å². The van der Waals surface area contributed by atoms with Gasteiger partial charge in [0.15, 0.2) is 5.76 Å². The summed E-state index contributed by atoms with van der Waals surface area (Å²) in [5.74, 6) is 0.610. The normalized spacial score (nSPS) is 11.3. The molecule has 3 heterocycles. The average molecular weight is 312 g/mol. The summed E-state index contributed by atoms with van der Waals surface area (Å²) >= 11 is 0. The third-order valence-electron chi connectivity index (χ3n) is 3.72. The van der Waals surface area contributed by atoms with Crippen LogP contribution in [0.15, 0.2) is 35.1 Å². The molecule has 0 saturated carbocycles. The number of rotatable bonds is 5. The molecule has 0 aliphatic carbocycles. The van der Waals surface area contributed by atoms with Crippen molar-refractivity contribution in [3.8, 4) is 0 Å². The first-order valence-corrected chi connectivity index (χ1v) is 7.73. The molecule has 1 N–H and O–H groups in total. The molecular weight excluding hydrogens is 292 g/mol. The van der Waals surface area contributed by atoms with Crippen molar-refractivity contribution in [2.24, 2.45) is 0 Å². The molecule has 0 spiro atoms. The van der Waals surface area contributed by atoms with Crippen molar-refractivity contribution in [1.29, 1.82) is 0 Å². The molecule has 0 aromatic carbocycles. The van der Waals surface area contributed by atoms with E-state index in [1.165, 1.54) is 0 Å². The molecule has 6 nitrogen and oxygen atoms in total. The van der Waals surface area contributed by atoms with Crippen molar-refractivity contribution >= 4 is 11.6 Å². The van der Waals surface area contributed by atoms with Crippen LogP contribution in [0.3, 0.4) is 0 Å². The van der Waals surface area contributed by atoms with E-state index in [0.717, 1.165) is 11.3 Å². The summed E-state index contributed by atoms with van der Waals surface area (Å²) < 4.78 is 7.23. The molecule has 0 unspecified atom stereocenters.